The van der Waals surface area contributed by atoms with Crippen LogP contribution in [0.4, 0.5) is 0 Å². The van der Waals surface area contributed by atoms with Crippen LogP contribution in [0.5, 0.6) is 0 Å². The first-order valence-electron chi connectivity index (χ1n) is 6.55. The van der Waals surface area contributed by atoms with Crippen LogP contribution in [-0.4, -0.2) is 40.5 Å². The van der Waals surface area contributed by atoms with Crippen molar-refractivity contribution in [2.45, 2.75) is 25.9 Å². The van der Waals surface area contributed by atoms with Gasteiger partial charge in [-0.25, -0.2) is 4.98 Å². The molecule has 1 N–H and O–H groups in total. The van der Waals surface area contributed by atoms with Crippen LogP contribution < -0.4 is 5.32 Å². The summed E-state index contributed by atoms with van der Waals surface area (Å²) in [5, 5.41) is 5.73. The Kier molecular flexibility index (Phi) is 3.37. The lowest BCUT2D eigenvalue weighted by molar-refractivity contribution is 0.174. The van der Waals surface area contributed by atoms with Crippen molar-refractivity contribution in [1.29, 1.82) is 0 Å². The quantitative estimate of drug-likeness (QED) is 0.918. The Morgan fingerprint density at radius 2 is 2.44 bits per heavy atom. The minimum absolute atomic E-state index is 0.626. The molecule has 2 atom stereocenters. The van der Waals surface area contributed by atoms with Crippen LogP contribution in [0.2, 0.25) is 0 Å². The predicted octanol–water partition coefficient (Wildman–Crippen LogP) is 1.83. The van der Waals surface area contributed by atoms with E-state index in [0.717, 1.165) is 17.2 Å². The molecule has 0 aromatic carbocycles. The Balaban J connectivity index is 1.59. The van der Waals surface area contributed by atoms with Crippen molar-refractivity contribution in [2.24, 2.45) is 5.92 Å². The molecule has 1 saturated heterocycles. The standard InChI is InChI=1S/C13H20N4S/c1-10-8-16(2)4-3-12(10)14-7-11-9-17-5-6-18-13(17)15-11/h5-6,9-10,12,14H,3-4,7-8H2,1-2H3. The number of imidazole rings is 1. The second-order valence-electron chi connectivity index (χ2n) is 5.34. The Morgan fingerprint density at radius 1 is 1.56 bits per heavy atom. The number of piperidine rings is 1. The van der Waals surface area contributed by atoms with E-state index in [1.165, 1.54) is 19.5 Å². The Hall–Kier alpha value is -0.910. The van der Waals surface area contributed by atoms with E-state index in [2.05, 4.69) is 51.3 Å². The van der Waals surface area contributed by atoms with E-state index in [4.69, 9.17) is 0 Å². The SMILES string of the molecule is CC1CN(C)CCC1NCc1cn2ccsc2n1. The number of aromatic nitrogens is 2. The molecule has 2 aromatic heterocycles. The van der Waals surface area contributed by atoms with E-state index in [9.17, 15) is 0 Å². The monoisotopic (exact) mass is 264 g/mol. The summed E-state index contributed by atoms with van der Waals surface area (Å²) >= 11 is 1.69. The van der Waals surface area contributed by atoms with E-state index in [1.807, 2.05) is 0 Å². The van der Waals surface area contributed by atoms with Gasteiger partial charge in [-0.05, 0) is 25.9 Å². The Morgan fingerprint density at radius 3 is 3.22 bits per heavy atom. The number of thiazole rings is 1. The van der Waals surface area contributed by atoms with Gasteiger partial charge in [0.05, 0.1) is 5.69 Å². The summed E-state index contributed by atoms with van der Waals surface area (Å²) in [5.41, 5.74) is 1.15. The van der Waals surface area contributed by atoms with Gasteiger partial charge in [-0.3, -0.25) is 4.40 Å². The molecule has 1 aliphatic rings. The molecule has 0 aliphatic carbocycles. The smallest absolute Gasteiger partial charge is 0.193 e. The number of rotatable bonds is 3. The van der Waals surface area contributed by atoms with Crippen molar-refractivity contribution < 1.29 is 0 Å². The lowest BCUT2D eigenvalue weighted by Crippen LogP contribution is -2.46. The molecule has 3 heterocycles. The molecule has 0 spiro atoms. The molecule has 2 unspecified atom stereocenters. The minimum Gasteiger partial charge on any atom is -0.308 e. The Bertz CT molecular complexity index is 489. The molecule has 5 heteroatoms. The van der Waals surface area contributed by atoms with Crippen LogP contribution in [0.3, 0.4) is 0 Å². The molecule has 1 fully saturated rings. The summed E-state index contributed by atoms with van der Waals surface area (Å²) in [7, 11) is 2.20. The molecule has 0 bridgehead atoms. The average Bonchev–Trinajstić information content (AvgIpc) is 2.88. The molecule has 3 rings (SSSR count). The van der Waals surface area contributed by atoms with Gasteiger partial charge in [-0.15, -0.1) is 11.3 Å². The van der Waals surface area contributed by atoms with E-state index >= 15 is 0 Å². The van der Waals surface area contributed by atoms with E-state index < -0.39 is 0 Å². The van der Waals surface area contributed by atoms with Crippen molar-refractivity contribution in [1.82, 2.24) is 19.6 Å². The fourth-order valence-corrected chi connectivity index (χ4v) is 3.47. The van der Waals surface area contributed by atoms with Crippen LogP contribution in [0.25, 0.3) is 4.96 Å². The van der Waals surface area contributed by atoms with Gasteiger partial charge >= 0.3 is 0 Å². The van der Waals surface area contributed by atoms with Crippen molar-refractivity contribution in [3.63, 3.8) is 0 Å². The molecule has 1 aliphatic heterocycles. The summed E-state index contributed by atoms with van der Waals surface area (Å²) in [5.74, 6) is 0.715. The van der Waals surface area contributed by atoms with Gasteiger partial charge in [0.25, 0.3) is 0 Å². The normalized spacial score (nSPS) is 25.9. The fourth-order valence-electron chi connectivity index (χ4n) is 2.75. The first-order valence-corrected chi connectivity index (χ1v) is 7.43. The fraction of sp³-hybridized carbons (Fsp3) is 0.615. The third-order valence-electron chi connectivity index (χ3n) is 3.80. The summed E-state index contributed by atoms with van der Waals surface area (Å²) in [6.45, 7) is 5.60. The van der Waals surface area contributed by atoms with E-state index in [0.29, 0.717) is 12.0 Å². The summed E-state index contributed by atoms with van der Waals surface area (Å²) in [6.07, 6.45) is 5.42. The minimum atomic E-state index is 0.626. The van der Waals surface area contributed by atoms with Gasteiger partial charge in [0.2, 0.25) is 0 Å². The second kappa shape index (κ2) is 4.99. The number of nitrogens with zero attached hydrogens (tertiary/aromatic N) is 3. The highest BCUT2D eigenvalue weighted by Gasteiger charge is 2.23. The zero-order valence-corrected chi connectivity index (χ0v) is 11.8. The van der Waals surface area contributed by atoms with Crippen LogP contribution in [0.15, 0.2) is 17.8 Å². The first-order chi connectivity index (χ1) is 8.72. The highest BCUT2D eigenvalue weighted by atomic mass is 32.1. The molecule has 2 aromatic rings. The summed E-state index contributed by atoms with van der Waals surface area (Å²) in [6, 6.07) is 0.626. The zero-order chi connectivity index (χ0) is 12.5. The van der Waals surface area contributed by atoms with Crippen LogP contribution in [-0.2, 0) is 6.54 Å². The van der Waals surface area contributed by atoms with Crippen molar-refractivity contribution in [3.05, 3.63) is 23.5 Å². The van der Waals surface area contributed by atoms with Crippen LogP contribution in [0.1, 0.15) is 19.0 Å². The second-order valence-corrected chi connectivity index (χ2v) is 6.21. The first kappa shape index (κ1) is 12.1. The number of nitrogens with one attached hydrogen (secondary N) is 1. The third kappa shape index (κ3) is 2.43. The lowest BCUT2D eigenvalue weighted by Gasteiger charge is -2.35. The maximum absolute atomic E-state index is 4.61. The number of fused-ring (bicyclic) bond motifs is 1. The molecule has 98 valence electrons. The van der Waals surface area contributed by atoms with Crippen molar-refractivity contribution in [3.8, 4) is 0 Å². The average molecular weight is 264 g/mol. The Labute approximate surface area is 112 Å². The number of hydrogen-bond donors (Lipinski definition) is 1. The molecule has 0 radical (unpaired) electrons. The van der Waals surface area contributed by atoms with Gasteiger partial charge in [-0.1, -0.05) is 6.92 Å². The summed E-state index contributed by atoms with van der Waals surface area (Å²) in [4.78, 5) is 8.10. The maximum atomic E-state index is 4.61. The molecule has 4 nitrogen and oxygen atoms in total. The molecule has 18 heavy (non-hydrogen) atoms. The molecular formula is C13H20N4S. The zero-order valence-electron chi connectivity index (χ0n) is 11.0. The molecular weight excluding hydrogens is 244 g/mol. The molecule has 0 saturated carbocycles. The largest absolute Gasteiger partial charge is 0.308 e. The maximum Gasteiger partial charge on any atom is 0.193 e. The highest BCUT2D eigenvalue weighted by Crippen LogP contribution is 2.16. The van der Waals surface area contributed by atoms with Gasteiger partial charge in [0.15, 0.2) is 4.96 Å². The van der Waals surface area contributed by atoms with E-state index in [1.54, 1.807) is 11.3 Å². The number of hydrogen-bond acceptors (Lipinski definition) is 4. The topological polar surface area (TPSA) is 32.6 Å². The van der Waals surface area contributed by atoms with Crippen molar-refractivity contribution >= 4 is 16.3 Å². The van der Waals surface area contributed by atoms with Crippen LogP contribution >= 0.6 is 11.3 Å². The third-order valence-corrected chi connectivity index (χ3v) is 4.57. The highest BCUT2D eigenvalue weighted by molar-refractivity contribution is 7.15. The lowest BCUT2D eigenvalue weighted by atomic mass is 9.94. The van der Waals surface area contributed by atoms with Crippen molar-refractivity contribution in [2.75, 3.05) is 20.1 Å². The molecule has 0 amide bonds. The van der Waals surface area contributed by atoms with E-state index in [-0.39, 0.29) is 0 Å². The summed E-state index contributed by atoms with van der Waals surface area (Å²) < 4.78 is 2.10. The predicted molar refractivity (Wildman–Crippen MR) is 75.0 cm³/mol. The number of likely N-dealkylation sites (tertiary alicyclic amines) is 1. The van der Waals surface area contributed by atoms with Gasteiger partial charge in [0, 0.05) is 36.9 Å². The van der Waals surface area contributed by atoms with Gasteiger partial charge in [-0.2, -0.15) is 0 Å². The van der Waals surface area contributed by atoms with Crippen LogP contribution in [0, 0.1) is 5.92 Å². The van der Waals surface area contributed by atoms with Gasteiger partial charge in [0.1, 0.15) is 0 Å². The van der Waals surface area contributed by atoms with Gasteiger partial charge < -0.3 is 10.2 Å².